The second-order valence-electron chi connectivity index (χ2n) is 14.4. The second kappa shape index (κ2) is 10.9. The minimum atomic E-state index is -0.928. The fourth-order valence-electron chi connectivity index (χ4n) is 7.59. The molecule has 2 aliphatic heterocycles. The zero-order chi connectivity index (χ0) is 31.7. The second-order valence-corrected chi connectivity index (χ2v) is 14.4. The van der Waals surface area contributed by atoms with Gasteiger partial charge in [-0.3, -0.25) is 9.59 Å². The van der Waals surface area contributed by atoms with Crippen molar-refractivity contribution in [2.75, 3.05) is 19.7 Å². The molecule has 10 heteroatoms. The third-order valence-corrected chi connectivity index (χ3v) is 9.92. The molecule has 1 aromatic heterocycles. The van der Waals surface area contributed by atoms with E-state index in [9.17, 15) is 14.4 Å². The van der Waals surface area contributed by atoms with Gasteiger partial charge in [-0.2, -0.15) is 0 Å². The molecule has 4 atom stereocenters. The van der Waals surface area contributed by atoms with Crippen molar-refractivity contribution in [2.24, 2.45) is 17.4 Å². The molecule has 238 valence electrons. The zero-order valence-corrected chi connectivity index (χ0v) is 26.3. The van der Waals surface area contributed by atoms with Crippen molar-refractivity contribution in [3.05, 3.63) is 64.3 Å². The number of nitrogens with two attached hydrogens (primary N) is 2. The van der Waals surface area contributed by atoms with Gasteiger partial charge in [-0.25, -0.2) is 4.79 Å². The van der Waals surface area contributed by atoms with E-state index in [1.165, 1.54) is 12.8 Å². The zero-order valence-electron chi connectivity index (χ0n) is 26.3. The van der Waals surface area contributed by atoms with E-state index in [-0.39, 0.29) is 17.9 Å². The first kappa shape index (κ1) is 29.8. The molecule has 1 saturated heterocycles. The molecule has 7 rings (SSSR count). The van der Waals surface area contributed by atoms with Crippen LogP contribution in [0.25, 0.3) is 10.9 Å². The highest BCUT2D eigenvalue weighted by Gasteiger charge is 2.55. The summed E-state index contributed by atoms with van der Waals surface area (Å²) < 4.78 is 14.1. The standard InChI is InChI=1S/C35H43N5O5/c1-34(2,3)38-33(43)45-24-5-4-11-39(18-24)32(42)23-14-25-30-26(10-12-44-28(30)15-23)35(37,31(25)36)29-16-22-9-8-21(19-41)13-27(22)40(29)17-20-6-7-20/h8-9,13-16,19-20,24,26,31H,4-7,10-12,17-18,36-37H2,1-3H3,(H,38,43)/t24-,26?,31?,35+/m1/s1. The number of fused-ring (bicyclic) bond motifs is 1. The Balaban J connectivity index is 1.21. The van der Waals surface area contributed by atoms with Gasteiger partial charge in [-0.1, -0.05) is 12.1 Å². The fourth-order valence-corrected chi connectivity index (χ4v) is 7.59. The van der Waals surface area contributed by atoms with Crippen LogP contribution in [0.1, 0.15) is 102 Å². The largest absolute Gasteiger partial charge is 0.493 e. The molecule has 2 unspecified atom stereocenters. The van der Waals surface area contributed by atoms with Crippen LogP contribution in [0.15, 0.2) is 36.4 Å². The Labute approximate surface area is 263 Å². The first-order valence-electron chi connectivity index (χ1n) is 16.2. The third kappa shape index (κ3) is 5.27. The number of alkyl carbamates (subject to hydrolysis) is 1. The van der Waals surface area contributed by atoms with Crippen molar-refractivity contribution in [3.8, 4) is 5.75 Å². The van der Waals surface area contributed by atoms with Crippen molar-refractivity contribution < 1.29 is 23.9 Å². The first-order chi connectivity index (χ1) is 21.5. The number of carbonyl (C=O) groups excluding carboxylic acids is 3. The molecular formula is C35H43N5O5. The molecule has 10 nitrogen and oxygen atoms in total. The van der Waals surface area contributed by atoms with Gasteiger partial charge in [-0.05, 0) is 94.0 Å². The molecule has 2 amide bonds. The first-order valence-corrected chi connectivity index (χ1v) is 16.2. The Hall–Kier alpha value is -3.89. The molecule has 0 bridgehead atoms. The Morgan fingerprint density at radius 3 is 2.67 bits per heavy atom. The normalized spacial score (nSPS) is 25.9. The molecule has 5 N–H and O–H groups in total. The van der Waals surface area contributed by atoms with E-state index in [1.54, 1.807) is 4.90 Å². The van der Waals surface area contributed by atoms with Crippen molar-refractivity contribution in [3.63, 3.8) is 0 Å². The molecule has 2 aliphatic carbocycles. The lowest BCUT2D eigenvalue weighted by Gasteiger charge is -2.38. The lowest BCUT2D eigenvalue weighted by atomic mass is 9.77. The highest BCUT2D eigenvalue weighted by molar-refractivity contribution is 5.95. The van der Waals surface area contributed by atoms with Gasteiger partial charge in [0, 0.05) is 52.4 Å². The van der Waals surface area contributed by atoms with Gasteiger partial charge in [0.25, 0.3) is 5.91 Å². The number of nitrogens with one attached hydrogen (secondary N) is 1. The van der Waals surface area contributed by atoms with Gasteiger partial charge in [0.05, 0.1) is 24.7 Å². The molecule has 0 radical (unpaired) electrons. The minimum absolute atomic E-state index is 0.0858. The average molecular weight is 614 g/mol. The van der Waals surface area contributed by atoms with Crippen molar-refractivity contribution in [1.29, 1.82) is 0 Å². The summed E-state index contributed by atoms with van der Waals surface area (Å²) in [5.41, 5.74) is 18.2. The lowest BCUT2D eigenvalue weighted by molar-refractivity contribution is 0.0322. The predicted molar refractivity (Wildman–Crippen MR) is 170 cm³/mol. The van der Waals surface area contributed by atoms with E-state index >= 15 is 0 Å². The van der Waals surface area contributed by atoms with Crippen LogP contribution < -0.4 is 21.5 Å². The molecule has 3 heterocycles. The molecule has 4 aliphatic rings. The fraction of sp³-hybridized carbons (Fsp3) is 0.514. The van der Waals surface area contributed by atoms with Gasteiger partial charge in [0.15, 0.2) is 0 Å². The van der Waals surface area contributed by atoms with Gasteiger partial charge in [-0.15, -0.1) is 0 Å². The summed E-state index contributed by atoms with van der Waals surface area (Å²) in [4.78, 5) is 39.8. The number of aldehydes is 1. The number of carbonyl (C=O) groups is 3. The van der Waals surface area contributed by atoms with E-state index < -0.39 is 23.2 Å². The quantitative estimate of drug-likeness (QED) is 0.341. The van der Waals surface area contributed by atoms with Crippen LogP contribution in [0.2, 0.25) is 0 Å². The van der Waals surface area contributed by atoms with Crippen LogP contribution in [0, 0.1) is 5.92 Å². The monoisotopic (exact) mass is 613 g/mol. The number of piperidine rings is 1. The topological polar surface area (TPSA) is 142 Å². The number of likely N-dealkylation sites (tertiary alicyclic amines) is 1. The maximum Gasteiger partial charge on any atom is 0.407 e. The maximum absolute atomic E-state index is 13.9. The molecule has 1 saturated carbocycles. The van der Waals surface area contributed by atoms with Crippen molar-refractivity contribution in [1.82, 2.24) is 14.8 Å². The van der Waals surface area contributed by atoms with Gasteiger partial charge in [0.1, 0.15) is 18.1 Å². The minimum Gasteiger partial charge on any atom is -0.493 e. The summed E-state index contributed by atoms with van der Waals surface area (Å²) in [6, 6.07) is 11.1. The van der Waals surface area contributed by atoms with Crippen LogP contribution in [-0.2, 0) is 16.8 Å². The van der Waals surface area contributed by atoms with Gasteiger partial charge in [0.2, 0.25) is 0 Å². The molecule has 45 heavy (non-hydrogen) atoms. The Morgan fingerprint density at radius 1 is 1.13 bits per heavy atom. The van der Waals surface area contributed by atoms with Gasteiger partial charge >= 0.3 is 6.09 Å². The third-order valence-electron chi connectivity index (χ3n) is 9.92. The van der Waals surface area contributed by atoms with Crippen molar-refractivity contribution in [2.45, 2.75) is 88.6 Å². The summed E-state index contributed by atoms with van der Waals surface area (Å²) in [6.07, 6.45) is 4.51. The number of aromatic nitrogens is 1. The van der Waals surface area contributed by atoms with E-state index in [1.807, 2.05) is 51.1 Å². The number of benzene rings is 2. The number of ether oxygens (including phenoxy) is 2. The lowest BCUT2D eigenvalue weighted by Crippen LogP contribution is -2.49. The molecule has 2 aromatic carbocycles. The molecule has 0 spiro atoms. The highest BCUT2D eigenvalue weighted by Crippen LogP contribution is 2.58. The number of hydrogen-bond acceptors (Lipinski definition) is 7. The maximum atomic E-state index is 13.9. The molecule has 3 aromatic rings. The van der Waals surface area contributed by atoms with Crippen LogP contribution in [-0.4, -0.2) is 59.1 Å². The number of amides is 2. The van der Waals surface area contributed by atoms with Crippen molar-refractivity contribution >= 4 is 29.2 Å². The van der Waals surface area contributed by atoms with Crippen LogP contribution >= 0.6 is 0 Å². The Bertz CT molecular complexity index is 1690. The predicted octanol–water partition coefficient (Wildman–Crippen LogP) is 4.73. The van der Waals surface area contributed by atoms with E-state index in [0.717, 1.165) is 47.0 Å². The van der Waals surface area contributed by atoms with Crippen LogP contribution in [0.4, 0.5) is 4.79 Å². The van der Waals surface area contributed by atoms with Crippen LogP contribution in [0.5, 0.6) is 5.75 Å². The molecule has 2 fully saturated rings. The Morgan fingerprint density at radius 2 is 1.93 bits per heavy atom. The summed E-state index contributed by atoms with van der Waals surface area (Å²) >= 11 is 0. The van der Waals surface area contributed by atoms with E-state index in [2.05, 4.69) is 16.0 Å². The van der Waals surface area contributed by atoms with Crippen LogP contribution in [0.3, 0.4) is 0 Å². The average Bonchev–Trinajstić information content (AvgIpc) is 3.72. The van der Waals surface area contributed by atoms with E-state index in [4.69, 9.17) is 20.9 Å². The number of rotatable bonds is 6. The summed E-state index contributed by atoms with van der Waals surface area (Å²) in [6.45, 7) is 7.89. The molecular weight excluding hydrogens is 570 g/mol. The van der Waals surface area contributed by atoms with E-state index in [0.29, 0.717) is 55.3 Å². The van der Waals surface area contributed by atoms with Gasteiger partial charge < -0.3 is 35.7 Å². The smallest absolute Gasteiger partial charge is 0.407 e. The summed E-state index contributed by atoms with van der Waals surface area (Å²) in [7, 11) is 0. The SMILES string of the molecule is CC(C)(C)NC(=O)O[C@@H]1CCCN(C(=O)c2cc3c4c(c2)C(N)[C@@](N)(c2cc5ccc(C=O)cc5n2CC2CC2)C4CCO3)C1. The highest BCUT2D eigenvalue weighted by atomic mass is 16.6. The summed E-state index contributed by atoms with van der Waals surface area (Å²) in [5, 5.41) is 3.86. The Kier molecular flexibility index (Phi) is 7.20. The summed E-state index contributed by atoms with van der Waals surface area (Å²) in [5.74, 6) is 1.01. The number of nitrogens with zero attached hydrogens (tertiary/aromatic N) is 2. The number of hydrogen-bond donors (Lipinski definition) is 3.